The third-order valence-electron chi connectivity index (χ3n) is 6.19. The van der Waals surface area contributed by atoms with E-state index in [-0.39, 0.29) is 11.9 Å². The standard InChI is InChI=1S/C28H28N6O2/c1-2-26(35)31-22-7-3-5-19(15-22)25-8-4-6-20-17-30-28(33-27(20)25)32-21-9-11-23(12-10-21)34-13-14-36-18-24(34)16-29/h2-12,15,17,24H,1,13-14,16,18,29H2,(H,31,35)(H,30,32,33). The molecule has 1 fully saturated rings. The molecule has 36 heavy (non-hydrogen) atoms. The largest absolute Gasteiger partial charge is 0.377 e. The molecule has 0 spiro atoms. The van der Waals surface area contributed by atoms with Crippen LogP contribution in [0.2, 0.25) is 0 Å². The Morgan fingerprint density at radius 3 is 2.78 bits per heavy atom. The van der Waals surface area contributed by atoms with Gasteiger partial charge in [0.25, 0.3) is 0 Å². The summed E-state index contributed by atoms with van der Waals surface area (Å²) in [5.74, 6) is 0.252. The fraction of sp³-hybridized carbons (Fsp3) is 0.179. The summed E-state index contributed by atoms with van der Waals surface area (Å²) in [5.41, 5.74) is 11.3. The minimum atomic E-state index is -0.253. The molecule has 182 valence electrons. The number of hydrogen-bond donors (Lipinski definition) is 3. The molecule has 1 aromatic heterocycles. The van der Waals surface area contributed by atoms with Crippen molar-refractivity contribution in [3.63, 3.8) is 0 Å². The molecule has 8 nitrogen and oxygen atoms in total. The number of nitrogens with two attached hydrogens (primary N) is 1. The number of anilines is 4. The van der Waals surface area contributed by atoms with Crippen molar-refractivity contribution in [2.75, 3.05) is 41.8 Å². The molecule has 5 rings (SSSR count). The molecular weight excluding hydrogens is 452 g/mol. The molecule has 0 bridgehead atoms. The molecule has 4 aromatic rings. The molecule has 1 aliphatic rings. The van der Waals surface area contributed by atoms with E-state index in [1.807, 2.05) is 60.8 Å². The van der Waals surface area contributed by atoms with Crippen LogP contribution >= 0.6 is 0 Å². The Labute approximate surface area is 209 Å². The smallest absolute Gasteiger partial charge is 0.247 e. The number of hydrogen-bond acceptors (Lipinski definition) is 7. The van der Waals surface area contributed by atoms with Crippen LogP contribution in [0.3, 0.4) is 0 Å². The Morgan fingerprint density at radius 2 is 1.97 bits per heavy atom. The predicted octanol–water partition coefficient (Wildman–Crippen LogP) is 4.33. The van der Waals surface area contributed by atoms with Crippen molar-refractivity contribution in [1.29, 1.82) is 0 Å². The number of morpholine rings is 1. The maximum absolute atomic E-state index is 11.7. The van der Waals surface area contributed by atoms with Crippen molar-refractivity contribution in [2.24, 2.45) is 5.73 Å². The molecule has 1 aliphatic heterocycles. The molecule has 8 heteroatoms. The summed E-state index contributed by atoms with van der Waals surface area (Å²) >= 11 is 0. The highest BCUT2D eigenvalue weighted by Crippen LogP contribution is 2.30. The van der Waals surface area contributed by atoms with E-state index in [0.29, 0.717) is 31.4 Å². The van der Waals surface area contributed by atoms with Crippen molar-refractivity contribution in [1.82, 2.24) is 9.97 Å². The number of fused-ring (bicyclic) bond motifs is 1. The van der Waals surface area contributed by atoms with Crippen LogP contribution in [0.25, 0.3) is 22.0 Å². The number of nitrogens with one attached hydrogen (secondary N) is 2. The summed E-state index contributed by atoms with van der Waals surface area (Å²) < 4.78 is 5.56. The first-order chi connectivity index (χ1) is 17.6. The molecule has 3 aromatic carbocycles. The van der Waals surface area contributed by atoms with E-state index in [2.05, 4.69) is 39.2 Å². The fourth-order valence-corrected chi connectivity index (χ4v) is 4.36. The second kappa shape index (κ2) is 10.6. The molecule has 4 N–H and O–H groups in total. The van der Waals surface area contributed by atoms with Gasteiger partial charge >= 0.3 is 0 Å². The number of nitrogens with zero attached hydrogens (tertiary/aromatic N) is 3. The minimum Gasteiger partial charge on any atom is -0.377 e. The summed E-state index contributed by atoms with van der Waals surface area (Å²) in [6, 6.07) is 22.0. The van der Waals surface area contributed by atoms with Gasteiger partial charge in [0, 0.05) is 47.3 Å². The van der Waals surface area contributed by atoms with Crippen molar-refractivity contribution < 1.29 is 9.53 Å². The van der Waals surface area contributed by atoms with Crippen molar-refractivity contribution in [3.8, 4) is 11.1 Å². The average Bonchev–Trinajstić information content (AvgIpc) is 2.93. The van der Waals surface area contributed by atoms with E-state index in [4.69, 9.17) is 15.5 Å². The summed E-state index contributed by atoms with van der Waals surface area (Å²) in [4.78, 5) is 23.4. The zero-order valence-corrected chi connectivity index (χ0v) is 19.9. The van der Waals surface area contributed by atoms with Gasteiger partial charge in [0.1, 0.15) is 0 Å². The van der Waals surface area contributed by atoms with Gasteiger partial charge in [-0.15, -0.1) is 0 Å². The lowest BCUT2D eigenvalue weighted by atomic mass is 10.0. The first kappa shape index (κ1) is 23.5. The highest BCUT2D eigenvalue weighted by molar-refractivity contribution is 6.00. The summed E-state index contributed by atoms with van der Waals surface area (Å²) in [5, 5.41) is 7.05. The number of benzene rings is 3. The van der Waals surface area contributed by atoms with E-state index in [1.165, 1.54) is 6.08 Å². The lowest BCUT2D eigenvalue weighted by Crippen LogP contribution is -2.49. The van der Waals surface area contributed by atoms with Crippen molar-refractivity contribution in [2.45, 2.75) is 6.04 Å². The Hall–Kier alpha value is -4.27. The van der Waals surface area contributed by atoms with E-state index >= 15 is 0 Å². The molecule has 2 heterocycles. The number of carbonyl (C=O) groups excluding carboxylic acids is 1. The zero-order valence-electron chi connectivity index (χ0n) is 19.9. The summed E-state index contributed by atoms with van der Waals surface area (Å²) in [6.07, 6.45) is 3.06. The minimum absolute atomic E-state index is 0.184. The molecular formula is C28H28N6O2. The highest BCUT2D eigenvalue weighted by Gasteiger charge is 2.21. The normalized spacial score (nSPS) is 15.5. The fourth-order valence-electron chi connectivity index (χ4n) is 4.36. The van der Waals surface area contributed by atoms with Crippen LogP contribution in [0, 0.1) is 0 Å². The molecule has 0 radical (unpaired) electrons. The van der Waals surface area contributed by atoms with Gasteiger partial charge in [0.05, 0.1) is 24.8 Å². The maximum Gasteiger partial charge on any atom is 0.247 e. The molecule has 1 amide bonds. The van der Waals surface area contributed by atoms with E-state index in [0.717, 1.165) is 39.9 Å². The van der Waals surface area contributed by atoms with Crippen LogP contribution in [0.4, 0.5) is 23.0 Å². The predicted molar refractivity (Wildman–Crippen MR) is 145 cm³/mol. The number of ether oxygens (including phenoxy) is 1. The molecule has 0 saturated carbocycles. The quantitative estimate of drug-likeness (QED) is 0.338. The van der Waals surface area contributed by atoms with Crippen LogP contribution < -0.4 is 21.3 Å². The lowest BCUT2D eigenvalue weighted by Gasteiger charge is -2.36. The van der Waals surface area contributed by atoms with Crippen LogP contribution in [0.5, 0.6) is 0 Å². The van der Waals surface area contributed by atoms with Gasteiger partial charge in [0.2, 0.25) is 11.9 Å². The molecule has 1 atom stereocenters. The summed E-state index contributed by atoms with van der Waals surface area (Å²) in [7, 11) is 0. The Kier molecular flexibility index (Phi) is 6.88. The van der Waals surface area contributed by atoms with Gasteiger partial charge in [-0.2, -0.15) is 0 Å². The second-order valence-corrected chi connectivity index (χ2v) is 8.54. The second-order valence-electron chi connectivity index (χ2n) is 8.54. The topological polar surface area (TPSA) is 105 Å². The van der Waals surface area contributed by atoms with E-state index in [9.17, 15) is 4.79 Å². The SMILES string of the molecule is C=CC(=O)Nc1cccc(-c2cccc3cnc(Nc4ccc(N5CCOCC5CN)cc4)nc23)c1. The molecule has 1 unspecified atom stereocenters. The van der Waals surface area contributed by atoms with Crippen molar-refractivity contribution >= 4 is 39.8 Å². The van der Waals surface area contributed by atoms with Crippen LogP contribution in [0.1, 0.15) is 0 Å². The monoisotopic (exact) mass is 480 g/mol. The van der Waals surface area contributed by atoms with Gasteiger partial charge in [-0.1, -0.05) is 36.9 Å². The van der Waals surface area contributed by atoms with Gasteiger partial charge in [-0.05, 0) is 48.0 Å². The van der Waals surface area contributed by atoms with Crippen molar-refractivity contribution in [3.05, 3.63) is 85.6 Å². The first-order valence-electron chi connectivity index (χ1n) is 11.9. The number of rotatable bonds is 7. The Balaban J connectivity index is 1.40. The van der Waals surface area contributed by atoms with Gasteiger partial charge in [0.15, 0.2) is 0 Å². The third-order valence-corrected chi connectivity index (χ3v) is 6.19. The highest BCUT2D eigenvalue weighted by atomic mass is 16.5. The van der Waals surface area contributed by atoms with Crippen LogP contribution in [-0.4, -0.2) is 48.2 Å². The van der Waals surface area contributed by atoms with E-state index < -0.39 is 0 Å². The average molecular weight is 481 g/mol. The van der Waals surface area contributed by atoms with E-state index in [1.54, 1.807) is 0 Å². The number of para-hydroxylation sites is 1. The Morgan fingerprint density at radius 1 is 1.14 bits per heavy atom. The molecule has 0 aliphatic carbocycles. The lowest BCUT2D eigenvalue weighted by molar-refractivity contribution is -0.111. The number of amides is 1. The molecule has 1 saturated heterocycles. The van der Waals surface area contributed by atoms with Gasteiger partial charge in [-0.25, -0.2) is 9.97 Å². The summed E-state index contributed by atoms with van der Waals surface area (Å²) in [6.45, 7) is 6.23. The third kappa shape index (κ3) is 5.05. The Bertz CT molecular complexity index is 1390. The van der Waals surface area contributed by atoms with Gasteiger partial charge < -0.3 is 26.0 Å². The maximum atomic E-state index is 11.7. The first-order valence-corrected chi connectivity index (χ1v) is 11.9. The zero-order chi connectivity index (χ0) is 24.9. The number of aromatic nitrogens is 2. The van der Waals surface area contributed by atoms with Crippen LogP contribution in [-0.2, 0) is 9.53 Å². The number of carbonyl (C=O) groups is 1. The van der Waals surface area contributed by atoms with Gasteiger partial charge in [-0.3, -0.25) is 4.79 Å². The van der Waals surface area contributed by atoms with Crippen LogP contribution in [0.15, 0.2) is 85.6 Å².